The van der Waals surface area contributed by atoms with E-state index < -0.39 is 0 Å². The molecule has 0 saturated carbocycles. The molecule has 0 aromatic heterocycles. The molecule has 0 aliphatic carbocycles. The van der Waals surface area contributed by atoms with Crippen molar-refractivity contribution >= 4 is 5.69 Å². The SMILES string of the molecule is Cc1ccccc1NCCN1CC(C)(C)OC(C)(C)C1. The van der Waals surface area contributed by atoms with Crippen LogP contribution in [0.15, 0.2) is 24.3 Å². The van der Waals surface area contributed by atoms with E-state index >= 15 is 0 Å². The van der Waals surface area contributed by atoms with Gasteiger partial charge in [-0.05, 0) is 46.2 Å². The smallest absolute Gasteiger partial charge is 0.0760 e. The molecular formula is C17H28N2O. The Morgan fingerprint density at radius 3 is 2.30 bits per heavy atom. The molecule has 2 rings (SSSR count). The summed E-state index contributed by atoms with van der Waals surface area (Å²) in [6, 6.07) is 8.44. The first-order chi connectivity index (χ1) is 9.27. The number of benzene rings is 1. The number of rotatable bonds is 4. The molecule has 0 unspecified atom stereocenters. The Kier molecular flexibility index (Phi) is 4.40. The first-order valence-electron chi connectivity index (χ1n) is 7.49. The van der Waals surface area contributed by atoms with Gasteiger partial charge in [0.05, 0.1) is 11.2 Å². The molecule has 1 N–H and O–H groups in total. The van der Waals surface area contributed by atoms with E-state index in [9.17, 15) is 0 Å². The highest BCUT2D eigenvalue weighted by Crippen LogP contribution is 2.27. The van der Waals surface area contributed by atoms with Crippen LogP contribution in [0.25, 0.3) is 0 Å². The predicted molar refractivity (Wildman–Crippen MR) is 85.4 cm³/mol. The number of hydrogen-bond acceptors (Lipinski definition) is 3. The maximum Gasteiger partial charge on any atom is 0.0760 e. The summed E-state index contributed by atoms with van der Waals surface area (Å²) in [6.45, 7) is 14.8. The van der Waals surface area contributed by atoms with Crippen molar-refractivity contribution in [3.63, 3.8) is 0 Å². The topological polar surface area (TPSA) is 24.5 Å². The second-order valence-electron chi connectivity index (χ2n) is 7.07. The van der Waals surface area contributed by atoms with Gasteiger partial charge in [-0.2, -0.15) is 0 Å². The van der Waals surface area contributed by atoms with Gasteiger partial charge >= 0.3 is 0 Å². The minimum Gasteiger partial charge on any atom is -0.384 e. The molecule has 1 heterocycles. The van der Waals surface area contributed by atoms with Crippen LogP contribution < -0.4 is 5.32 Å². The van der Waals surface area contributed by atoms with E-state index in [0.29, 0.717) is 0 Å². The van der Waals surface area contributed by atoms with Gasteiger partial charge in [-0.15, -0.1) is 0 Å². The highest BCUT2D eigenvalue weighted by Gasteiger charge is 2.37. The monoisotopic (exact) mass is 276 g/mol. The lowest BCUT2D eigenvalue weighted by atomic mass is 9.99. The molecule has 3 nitrogen and oxygen atoms in total. The van der Waals surface area contributed by atoms with E-state index in [2.05, 4.69) is 69.1 Å². The number of nitrogens with one attached hydrogen (secondary N) is 1. The Balaban J connectivity index is 1.86. The average molecular weight is 276 g/mol. The number of hydrogen-bond donors (Lipinski definition) is 1. The average Bonchev–Trinajstić information content (AvgIpc) is 2.27. The van der Waals surface area contributed by atoms with Crippen molar-refractivity contribution in [2.45, 2.75) is 45.8 Å². The number of ether oxygens (including phenoxy) is 1. The van der Waals surface area contributed by atoms with E-state index in [-0.39, 0.29) is 11.2 Å². The first kappa shape index (κ1) is 15.3. The van der Waals surface area contributed by atoms with E-state index in [1.807, 2.05) is 0 Å². The largest absolute Gasteiger partial charge is 0.384 e. The highest BCUT2D eigenvalue weighted by molar-refractivity contribution is 5.50. The standard InChI is InChI=1S/C17H28N2O/c1-14-8-6-7-9-15(14)18-10-11-19-12-16(2,3)20-17(4,5)13-19/h6-9,18H,10-13H2,1-5H3. The van der Waals surface area contributed by atoms with Crippen LogP contribution in [-0.2, 0) is 4.74 Å². The Morgan fingerprint density at radius 1 is 1.10 bits per heavy atom. The number of para-hydroxylation sites is 1. The van der Waals surface area contributed by atoms with Crippen LogP contribution in [0, 0.1) is 6.92 Å². The molecule has 1 saturated heterocycles. The lowest BCUT2D eigenvalue weighted by Gasteiger charge is -2.47. The number of aryl methyl sites for hydroxylation is 1. The molecule has 0 radical (unpaired) electrons. The Bertz CT molecular complexity index is 438. The fraction of sp³-hybridized carbons (Fsp3) is 0.647. The van der Waals surface area contributed by atoms with Gasteiger partial charge in [0.15, 0.2) is 0 Å². The summed E-state index contributed by atoms with van der Waals surface area (Å²) in [5.41, 5.74) is 2.41. The summed E-state index contributed by atoms with van der Waals surface area (Å²) < 4.78 is 6.11. The Morgan fingerprint density at radius 2 is 1.70 bits per heavy atom. The zero-order valence-corrected chi connectivity index (χ0v) is 13.5. The second kappa shape index (κ2) is 5.74. The molecule has 0 atom stereocenters. The highest BCUT2D eigenvalue weighted by atomic mass is 16.5. The van der Waals surface area contributed by atoms with Gasteiger partial charge < -0.3 is 10.1 Å². The third kappa shape index (κ3) is 4.22. The van der Waals surface area contributed by atoms with Crippen molar-refractivity contribution in [2.24, 2.45) is 0 Å². The van der Waals surface area contributed by atoms with Crippen molar-refractivity contribution in [1.29, 1.82) is 0 Å². The summed E-state index contributed by atoms with van der Waals surface area (Å²) in [6.07, 6.45) is 0. The fourth-order valence-corrected chi connectivity index (χ4v) is 3.22. The third-order valence-corrected chi connectivity index (χ3v) is 3.65. The van der Waals surface area contributed by atoms with Gasteiger partial charge in [0, 0.05) is 31.9 Å². The van der Waals surface area contributed by atoms with Crippen molar-refractivity contribution in [1.82, 2.24) is 4.90 Å². The van der Waals surface area contributed by atoms with Crippen LogP contribution in [0.1, 0.15) is 33.3 Å². The number of nitrogens with zero attached hydrogens (tertiary/aromatic N) is 1. The van der Waals surface area contributed by atoms with Gasteiger partial charge in [-0.1, -0.05) is 18.2 Å². The van der Waals surface area contributed by atoms with Crippen molar-refractivity contribution < 1.29 is 4.74 Å². The van der Waals surface area contributed by atoms with Gasteiger partial charge in [-0.25, -0.2) is 0 Å². The molecule has 3 heteroatoms. The van der Waals surface area contributed by atoms with Gasteiger partial charge in [0.1, 0.15) is 0 Å². The maximum atomic E-state index is 6.11. The van der Waals surface area contributed by atoms with E-state index in [1.54, 1.807) is 0 Å². The zero-order chi connectivity index (χ0) is 14.8. The first-order valence-corrected chi connectivity index (χ1v) is 7.49. The predicted octanol–water partition coefficient (Wildman–Crippen LogP) is 3.30. The quantitative estimate of drug-likeness (QED) is 0.913. The summed E-state index contributed by atoms with van der Waals surface area (Å²) >= 11 is 0. The second-order valence-corrected chi connectivity index (χ2v) is 7.07. The molecular weight excluding hydrogens is 248 g/mol. The summed E-state index contributed by atoms with van der Waals surface area (Å²) in [4.78, 5) is 2.49. The molecule has 112 valence electrons. The molecule has 1 aromatic carbocycles. The van der Waals surface area contributed by atoms with E-state index in [0.717, 1.165) is 26.2 Å². The molecule has 0 amide bonds. The van der Waals surface area contributed by atoms with Gasteiger partial charge in [0.25, 0.3) is 0 Å². The van der Waals surface area contributed by atoms with Crippen LogP contribution in [0.4, 0.5) is 5.69 Å². The third-order valence-electron chi connectivity index (χ3n) is 3.65. The molecule has 20 heavy (non-hydrogen) atoms. The van der Waals surface area contributed by atoms with E-state index in [4.69, 9.17) is 4.74 Å². The van der Waals surface area contributed by atoms with Crippen LogP contribution in [0.3, 0.4) is 0 Å². The normalized spacial score (nSPS) is 21.6. The van der Waals surface area contributed by atoms with E-state index in [1.165, 1.54) is 11.3 Å². The zero-order valence-electron chi connectivity index (χ0n) is 13.5. The van der Waals surface area contributed by atoms with Crippen molar-refractivity contribution in [2.75, 3.05) is 31.5 Å². The Hall–Kier alpha value is -1.06. The maximum absolute atomic E-state index is 6.11. The Labute approximate surface area is 123 Å². The van der Waals surface area contributed by atoms with Crippen LogP contribution in [0.5, 0.6) is 0 Å². The molecule has 1 fully saturated rings. The van der Waals surface area contributed by atoms with Crippen LogP contribution in [-0.4, -0.2) is 42.3 Å². The van der Waals surface area contributed by atoms with Crippen molar-refractivity contribution in [3.8, 4) is 0 Å². The van der Waals surface area contributed by atoms with Crippen LogP contribution in [0.2, 0.25) is 0 Å². The summed E-state index contributed by atoms with van der Waals surface area (Å²) in [5, 5.41) is 3.53. The van der Waals surface area contributed by atoms with Crippen molar-refractivity contribution in [3.05, 3.63) is 29.8 Å². The fourth-order valence-electron chi connectivity index (χ4n) is 3.22. The van der Waals surface area contributed by atoms with Gasteiger partial charge in [0.2, 0.25) is 0 Å². The van der Waals surface area contributed by atoms with Gasteiger partial charge in [-0.3, -0.25) is 4.90 Å². The number of morpholine rings is 1. The summed E-state index contributed by atoms with van der Waals surface area (Å²) in [5.74, 6) is 0. The molecule has 1 aliphatic heterocycles. The minimum absolute atomic E-state index is 0.0651. The lowest BCUT2D eigenvalue weighted by molar-refractivity contribution is -0.179. The molecule has 0 bridgehead atoms. The summed E-state index contributed by atoms with van der Waals surface area (Å²) in [7, 11) is 0. The minimum atomic E-state index is -0.0651. The van der Waals surface area contributed by atoms with Crippen LogP contribution >= 0.6 is 0 Å². The lowest BCUT2D eigenvalue weighted by Crippen LogP contribution is -2.57. The number of anilines is 1. The molecule has 1 aliphatic rings. The molecule has 1 aromatic rings. The molecule has 0 spiro atoms.